The van der Waals surface area contributed by atoms with Crippen LogP contribution in [-0.2, 0) is 9.59 Å². The van der Waals surface area contributed by atoms with Crippen molar-refractivity contribution in [2.75, 3.05) is 11.4 Å². The highest BCUT2D eigenvalue weighted by molar-refractivity contribution is 6.07. The van der Waals surface area contributed by atoms with Gasteiger partial charge in [0.2, 0.25) is 5.91 Å². The average Bonchev–Trinajstić information content (AvgIpc) is 2.56. The van der Waals surface area contributed by atoms with E-state index in [0.717, 1.165) is 16.8 Å². The molecule has 4 nitrogen and oxygen atoms in total. The highest BCUT2D eigenvalue weighted by Gasteiger charge is 2.37. The lowest BCUT2D eigenvalue weighted by Gasteiger charge is -2.17. The summed E-state index contributed by atoms with van der Waals surface area (Å²) in [6.07, 6.45) is 1.68. The molecule has 0 radical (unpaired) electrons. The number of anilines is 1. The quantitative estimate of drug-likeness (QED) is 0.823. The van der Waals surface area contributed by atoms with Gasteiger partial charge in [-0.05, 0) is 12.5 Å². The minimum atomic E-state index is -0.572. The molecule has 1 aromatic rings. The Morgan fingerprint density at radius 1 is 1.56 bits per heavy atom. The molecule has 0 spiro atoms. The molecule has 1 atom stereocenters. The molecular weight excluding hydrogens is 228 g/mol. The number of nitrogens with one attached hydrogen (secondary N) is 1. The zero-order valence-corrected chi connectivity index (χ0v) is 10.6. The lowest BCUT2D eigenvalue weighted by atomic mass is 10.1. The predicted octanol–water partition coefficient (Wildman–Crippen LogP) is 1.70. The van der Waals surface area contributed by atoms with Crippen LogP contribution in [-0.4, -0.2) is 18.4 Å². The van der Waals surface area contributed by atoms with Gasteiger partial charge in [0.1, 0.15) is 6.04 Å². The van der Waals surface area contributed by atoms with Gasteiger partial charge >= 0.3 is 0 Å². The van der Waals surface area contributed by atoms with Crippen molar-refractivity contribution in [2.45, 2.75) is 19.9 Å². The first-order valence-corrected chi connectivity index (χ1v) is 5.85. The lowest BCUT2D eigenvalue weighted by Crippen LogP contribution is -2.36. The Balaban J connectivity index is 2.50. The van der Waals surface area contributed by atoms with Crippen LogP contribution in [0.5, 0.6) is 0 Å². The molecule has 1 unspecified atom stereocenters. The van der Waals surface area contributed by atoms with E-state index in [1.165, 1.54) is 6.92 Å². The summed E-state index contributed by atoms with van der Waals surface area (Å²) in [5.41, 5.74) is 2.77. The van der Waals surface area contributed by atoms with Gasteiger partial charge in [-0.1, -0.05) is 24.3 Å². The summed E-state index contributed by atoms with van der Waals surface area (Å²) in [6, 6.07) is 5.16. The largest absolute Gasteiger partial charge is 0.341 e. The SMILES string of the molecule is C=CCN1C(=O)C(NC(C)=O)c2cccc(C)c21. The summed E-state index contributed by atoms with van der Waals surface area (Å²) in [6.45, 7) is 7.49. The van der Waals surface area contributed by atoms with Crippen LogP contribution in [0.2, 0.25) is 0 Å². The van der Waals surface area contributed by atoms with Crippen LogP contribution in [0, 0.1) is 6.92 Å². The fourth-order valence-electron chi connectivity index (χ4n) is 2.34. The van der Waals surface area contributed by atoms with E-state index < -0.39 is 6.04 Å². The highest BCUT2D eigenvalue weighted by atomic mass is 16.2. The molecule has 1 aromatic carbocycles. The van der Waals surface area contributed by atoms with Gasteiger partial charge in [0.25, 0.3) is 5.91 Å². The molecule has 1 aliphatic heterocycles. The molecule has 1 N–H and O–H groups in total. The summed E-state index contributed by atoms with van der Waals surface area (Å²) in [5.74, 6) is -0.310. The Morgan fingerprint density at radius 3 is 2.89 bits per heavy atom. The van der Waals surface area contributed by atoms with Crippen LogP contribution in [0.1, 0.15) is 24.1 Å². The molecule has 0 saturated carbocycles. The zero-order chi connectivity index (χ0) is 13.3. The number of rotatable bonds is 3. The number of hydrogen-bond donors (Lipinski definition) is 1. The van der Waals surface area contributed by atoms with Gasteiger partial charge in [-0.3, -0.25) is 9.59 Å². The van der Waals surface area contributed by atoms with E-state index in [0.29, 0.717) is 6.54 Å². The first-order valence-electron chi connectivity index (χ1n) is 5.85. The van der Waals surface area contributed by atoms with Crippen molar-refractivity contribution in [3.05, 3.63) is 42.0 Å². The second kappa shape index (κ2) is 4.64. The molecule has 0 fully saturated rings. The van der Waals surface area contributed by atoms with Gasteiger partial charge in [-0.15, -0.1) is 6.58 Å². The number of carbonyl (C=O) groups is 2. The Kier molecular flexibility index (Phi) is 3.19. The molecule has 18 heavy (non-hydrogen) atoms. The maximum absolute atomic E-state index is 12.3. The van der Waals surface area contributed by atoms with Crippen LogP contribution >= 0.6 is 0 Å². The van der Waals surface area contributed by atoms with Crippen LogP contribution in [0.15, 0.2) is 30.9 Å². The van der Waals surface area contributed by atoms with Crippen molar-refractivity contribution in [3.8, 4) is 0 Å². The third kappa shape index (κ3) is 1.90. The molecule has 1 heterocycles. The topological polar surface area (TPSA) is 49.4 Å². The van der Waals surface area contributed by atoms with Gasteiger partial charge in [0.15, 0.2) is 0 Å². The van der Waals surface area contributed by atoms with E-state index in [1.54, 1.807) is 11.0 Å². The number of hydrogen-bond acceptors (Lipinski definition) is 2. The summed E-state index contributed by atoms with van der Waals surface area (Å²) in [7, 11) is 0. The monoisotopic (exact) mass is 244 g/mol. The number of nitrogens with zero attached hydrogens (tertiary/aromatic N) is 1. The Bertz CT molecular complexity index is 523. The average molecular weight is 244 g/mol. The van der Waals surface area contributed by atoms with E-state index >= 15 is 0 Å². The standard InChI is InChI=1S/C14H16N2O2/c1-4-8-16-13-9(2)6-5-7-11(13)12(14(16)18)15-10(3)17/h4-7,12H,1,8H2,2-3H3,(H,15,17). The number of amides is 2. The van der Waals surface area contributed by atoms with Crippen molar-refractivity contribution < 1.29 is 9.59 Å². The first kappa shape index (κ1) is 12.4. The number of carbonyl (C=O) groups excluding carboxylic acids is 2. The molecule has 4 heteroatoms. The van der Waals surface area contributed by atoms with E-state index in [9.17, 15) is 9.59 Å². The van der Waals surface area contributed by atoms with Gasteiger partial charge in [0.05, 0.1) is 5.69 Å². The fourth-order valence-corrected chi connectivity index (χ4v) is 2.34. The van der Waals surface area contributed by atoms with Crippen molar-refractivity contribution >= 4 is 17.5 Å². The van der Waals surface area contributed by atoms with Crippen LogP contribution in [0.25, 0.3) is 0 Å². The van der Waals surface area contributed by atoms with Gasteiger partial charge in [-0.2, -0.15) is 0 Å². The molecule has 2 amide bonds. The third-order valence-corrected chi connectivity index (χ3v) is 3.02. The lowest BCUT2D eigenvalue weighted by molar-refractivity contribution is -0.126. The first-order chi connectivity index (χ1) is 8.56. The van der Waals surface area contributed by atoms with Gasteiger partial charge < -0.3 is 10.2 Å². The Labute approximate surface area is 106 Å². The molecule has 1 aliphatic rings. The van der Waals surface area contributed by atoms with E-state index in [4.69, 9.17) is 0 Å². The normalized spacial score (nSPS) is 17.6. The minimum absolute atomic E-state index is 0.102. The zero-order valence-electron chi connectivity index (χ0n) is 10.6. The molecular formula is C14H16N2O2. The van der Waals surface area contributed by atoms with E-state index in [-0.39, 0.29) is 11.8 Å². The second-order valence-corrected chi connectivity index (χ2v) is 4.38. The molecule has 0 aromatic heterocycles. The number of aryl methyl sites for hydroxylation is 1. The molecule has 94 valence electrons. The minimum Gasteiger partial charge on any atom is -0.341 e. The van der Waals surface area contributed by atoms with Gasteiger partial charge in [-0.25, -0.2) is 0 Å². The van der Waals surface area contributed by atoms with Gasteiger partial charge in [0, 0.05) is 19.0 Å². The maximum atomic E-state index is 12.3. The van der Waals surface area contributed by atoms with Crippen molar-refractivity contribution in [1.82, 2.24) is 5.32 Å². The molecule has 0 aliphatic carbocycles. The summed E-state index contributed by atoms with van der Waals surface area (Å²) >= 11 is 0. The van der Waals surface area contributed by atoms with Crippen LogP contribution in [0.3, 0.4) is 0 Å². The summed E-state index contributed by atoms with van der Waals surface area (Å²) in [4.78, 5) is 25.2. The Morgan fingerprint density at radius 2 is 2.28 bits per heavy atom. The smallest absolute Gasteiger partial charge is 0.254 e. The second-order valence-electron chi connectivity index (χ2n) is 4.38. The summed E-state index contributed by atoms with van der Waals surface area (Å²) in [5, 5.41) is 2.70. The van der Waals surface area contributed by atoms with Crippen molar-refractivity contribution in [3.63, 3.8) is 0 Å². The predicted molar refractivity (Wildman–Crippen MR) is 70.3 cm³/mol. The van der Waals surface area contributed by atoms with Crippen LogP contribution < -0.4 is 10.2 Å². The van der Waals surface area contributed by atoms with Crippen molar-refractivity contribution in [1.29, 1.82) is 0 Å². The maximum Gasteiger partial charge on any atom is 0.254 e. The molecule has 0 bridgehead atoms. The summed E-state index contributed by atoms with van der Waals surface area (Å²) < 4.78 is 0. The molecule has 2 rings (SSSR count). The number of fused-ring (bicyclic) bond motifs is 1. The van der Waals surface area contributed by atoms with Crippen LogP contribution in [0.4, 0.5) is 5.69 Å². The fraction of sp³-hybridized carbons (Fsp3) is 0.286. The molecule has 0 saturated heterocycles. The Hall–Kier alpha value is -2.10. The van der Waals surface area contributed by atoms with Crippen molar-refractivity contribution in [2.24, 2.45) is 0 Å². The highest BCUT2D eigenvalue weighted by Crippen LogP contribution is 2.38. The third-order valence-electron chi connectivity index (χ3n) is 3.02. The van der Waals surface area contributed by atoms with E-state index in [2.05, 4.69) is 11.9 Å². The number of para-hydroxylation sites is 1. The number of benzene rings is 1. The van der Waals surface area contributed by atoms with E-state index in [1.807, 2.05) is 25.1 Å².